The number of nitrogens with one attached hydrogen (secondary N) is 1. The van der Waals surface area contributed by atoms with Crippen molar-refractivity contribution in [2.24, 2.45) is 0 Å². The first-order valence-corrected chi connectivity index (χ1v) is 6.81. The Balaban J connectivity index is 1.69. The molecule has 0 bridgehead atoms. The number of nitrogens with zero attached hydrogens (tertiary/aromatic N) is 2. The fourth-order valence-corrected chi connectivity index (χ4v) is 2.79. The molecule has 0 amide bonds. The third kappa shape index (κ3) is 2.59. The number of benzene rings is 1. The van der Waals surface area contributed by atoms with Crippen molar-refractivity contribution in [3.63, 3.8) is 0 Å². The van der Waals surface area contributed by atoms with E-state index in [1.54, 1.807) is 6.07 Å². The fraction of sp³-hybridized carbons (Fsp3) is 0.400. The van der Waals surface area contributed by atoms with Crippen molar-refractivity contribution in [3.8, 4) is 0 Å². The van der Waals surface area contributed by atoms with Crippen LogP contribution in [-0.2, 0) is 13.0 Å². The third-order valence-corrected chi connectivity index (χ3v) is 3.90. The van der Waals surface area contributed by atoms with E-state index in [0.717, 1.165) is 30.6 Å². The molecule has 0 saturated heterocycles. The van der Waals surface area contributed by atoms with E-state index in [4.69, 9.17) is 0 Å². The van der Waals surface area contributed by atoms with Crippen molar-refractivity contribution in [2.45, 2.75) is 26.0 Å². The highest BCUT2D eigenvalue weighted by atomic mass is 19.1. The van der Waals surface area contributed by atoms with Crippen LogP contribution >= 0.6 is 0 Å². The Hall–Kier alpha value is -1.72. The highest BCUT2D eigenvalue weighted by Crippen LogP contribution is 2.22. The highest BCUT2D eigenvalue weighted by molar-refractivity contribution is 5.29. The first-order chi connectivity index (χ1) is 9.63. The van der Waals surface area contributed by atoms with E-state index in [1.807, 2.05) is 13.1 Å². The molecule has 4 nitrogen and oxygen atoms in total. The summed E-state index contributed by atoms with van der Waals surface area (Å²) in [4.78, 5) is 2.20. The summed E-state index contributed by atoms with van der Waals surface area (Å²) in [5, 5.41) is 17.4. The van der Waals surface area contributed by atoms with E-state index < -0.39 is 6.10 Å². The Morgan fingerprint density at radius 3 is 3.15 bits per heavy atom. The van der Waals surface area contributed by atoms with E-state index >= 15 is 0 Å². The zero-order chi connectivity index (χ0) is 14.1. The Kier molecular flexibility index (Phi) is 3.54. The van der Waals surface area contributed by atoms with Crippen molar-refractivity contribution in [1.82, 2.24) is 15.1 Å². The van der Waals surface area contributed by atoms with E-state index in [0.29, 0.717) is 6.54 Å². The summed E-state index contributed by atoms with van der Waals surface area (Å²) in [5.74, 6) is -0.264. The van der Waals surface area contributed by atoms with Crippen LogP contribution < -0.4 is 0 Å². The first-order valence-electron chi connectivity index (χ1n) is 6.81. The number of aryl methyl sites for hydroxylation is 1. The quantitative estimate of drug-likeness (QED) is 0.900. The summed E-state index contributed by atoms with van der Waals surface area (Å²) in [6, 6.07) is 4.53. The molecule has 1 unspecified atom stereocenters. The molecule has 0 spiro atoms. The van der Waals surface area contributed by atoms with Crippen LogP contribution in [0.5, 0.6) is 0 Å². The van der Waals surface area contributed by atoms with Crippen molar-refractivity contribution in [2.75, 3.05) is 13.1 Å². The van der Waals surface area contributed by atoms with Gasteiger partial charge in [0, 0.05) is 37.3 Å². The SMILES string of the molecule is Cc1cc(F)ccc1C(O)CN1CCc2[nH]ncc2C1. The molecule has 2 N–H and O–H groups in total. The van der Waals surface area contributed by atoms with Gasteiger partial charge in [0.1, 0.15) is 5.82 Å². The van der Waals surface area contributed by atoms with Crippen LogP contribution in [0.2, 0.25) is 0 Å². The zero-order valence-electron chi connectivity index (χ0n) is 11.4. The minimum absolute atomic E-state index is 0.264. The molecule has 0 fully saturated rings. The molecular formula is C15H18FN3O. The standard InChI is InChI=1S/C15H18FN3O/c1-10-6-12(16)2-3-13(10)15(20)9-19-5-4-14-11(8-19)7-17-18-14/h2-3,6-7,15,20H,4-5,8-9H2,1H3,(H,17,18). The average molecular weight is 275 g/mol. The number of rotatable bonds is 3. The lowest BCUT2D eigenvalue weighted by atomic mass is 10.0. The van der Waals surface area contributed by atoms with Gasteiger partial charge >= 0.3 is 0 Å². The minimum atomic E-state index is -0.593. The molecule has 0 radical (unpaired) electrons. The number of hydrogen-bond acceptors (Lipinski definition) is 3. The van der Waals surface area contributed by atoms with Gasteiger partial charge in [-0.2, -0.15) is 5.10 Å². The molecule has 2 heterocycles. The molecule has 2 aromatic rings. The normalized spacial score (nSPS) is 16.9. The minimum Gasteiger partial charge on any atom is -0.387 e. The second-order valence-electron chi connectivity index (χ2n) is 5.38. The van der Waals surface area contributed by atoms with Gasteiger partial charge in [0.15, 0.2) is 0 Å². The molecule has 1 atom stereocenters. The lowest BCUT2D eigenvalue weighted by Gasteiger charge is -2.28. The number of β-amino-alcohol motifs (C(OH)–C–C–N with tert-alkyl or cyclic N) is 1. The van der Waals surface area contributed by atoms with Crippen LogP contribution in [0.25, 0.3) is 0 Å². The molecular weight excluding hydrogens is 257 g/mol. The first kappa shape index (κ1) is 13.3. The smallest absolute Gasteiger partial charge is 0.123 e. The number of aromatic nitrogens is 2. The Labute approximate surface area is 117 Å². The number of hydrogen-bond donors (Lipinski definition) is 2. The maximum atomic E-state index is 13.1. The summed E-state index contributed by atoms with van der Waals surface area (Å²) in [6.45, 7) is 4.07. The summed E-state index contributed by atoms with van der Waals surface area (Å²) < 4.78 is 13.1. The topological polar surface area (TPSA) is 52.1 Å². The number of halogens is 1. The maximum Gasteiger partial charge on any atom is 0.123 e. The average Bonchev–Trinajstić information content (AvgIpc) is 2.85. The van der Waals surface area contributed by atoms with Crippen LogP contribution in [0, 0.1) is 12.7 Å². The van der Waals surface area contributed by atoms with Crippen molar-refractivity contribution in [1.29, 1.82) is 0 Å². The number of aliphatic hydroxyl groups is 1. The van der Waals surface area contributed by atoms with Crippen molar-refractivity contribution in [3.05, 3.63) is 52.6 Å². The van der Waals surface area contributed by atoms with E-state index in [9.17, 15) is 9.50 Å². The van der Waals surface area contributed by atoms with E-state index in [1.165, 1.54) is 23.4 Å². The van der Waals surface area contributed by atoms with Gasteiger partial charge in [0.2, 0.25) is 0 Å². The van der Waals surface area contributed by atoms with E-state index in [2.05, 4.69) is 15.1 Å². The third-order valence-electron chi connectivity index (χ3n) is 3.90. The second-order valence-corrected chi connectivity index (χ2v) is 5.38. The van der Waals surface area contributed by atoms with E-state index in [-0.39, 0.29) is 5.82 Å². The Morgan fingerprint density at radius 2 is 2.35 bits per heavy atom. The summed E-state index contributed by atoms with van der Waals surface area (Å²) in [7, 11) is 0. The lowest BCUT2D eigenvalue weighted by Crippen LogP contribution is -2.33. The summed E-state index contributed by atoms with van der Waals surface area (Å²) in [6.07, 6.45) is 2.17. The predicted octanol–water partition coefficient (Wildman–Crippen LogP) is 1.95. The van der Waals surface area contributed by atoms with Crippen LogP contribution in [0.4, 0.5) is 4.39 Å². The number of H-pyrrole nitrogens is 1. The van der Waals surface area contributed by atoms with Gasteiger partial charge in [-0.1, -0.05) is 6.07 Å². The monoisotopic (exact) mass is 275 g/mol. The molecule has 5 heteroatoms. The Morgan fingerprint density at radius 1 is 1.50 bits per heavy atom. The van der Waals surface area contributed by atoms with Crippen molar-refractivity contribution >= 4 is 0 Å². The molecule has 0 aliphatic carbocycles. The maximum absolute atomic E-state index is 13.1. The van der Waals surface area contributed by atoms with Crippen LogP contribution in [0.1, 0.15) is 28.5 Å². The molecule has 1 aliphatic rings. The highest BCUT2D eigenvalue weighted by Gasteiger charge is 2.21. The fourth-order valence-electron chi connectivity index (χ4n) is 2.79. The van der Waals surface area contributed by atoms with Crippen LogP contribution in [-0.4, -0.2) is 33.3 Å². The van der Waals surface area contributed by atoms with Gasteiger partial charge in [0.25, 0.3) is 0 Å². The largest absolute Gasteiger partial charge is 0.387 e. The molecule has 1 aromatic heterocycles. The van der Waals surface area contributed by atoms with Crippen LogP contribution in [0.3, 0.4) is 0 Å². The van der Waals surface area contributed by atoms with Gasteiger partial charge in [-0.15, -0.1) is 0 Å². The second kappa shape index (κ2) is 5.34. The van der Waals surface area contributed by atoms with Gasteiger partial charge in [-0.3, -0.25) is 10.00 Å². The number of aromatic amines is 1. The van der Waals surface area contributed by atoms with Gasteiger partial charge in [0.05, 0.1) is 12.3 Å². The number of fused-ring (bicyclic) bond motifs is 1. The predicted molar refractivity (Wildman–Crippen MR) is 73.7 cm³/mol. The van der Waals surface area contributed by atoms with Crippen molar-refractivity contribution < 1.29 is 9.50 Å². The molecule has 20 heavy (non-hydrogen) atoms. The molecule has 0 saturated carbocycles. The van der Waals surface area contributed by atoms with Gasteiger partial charge in [-0.25, -0.2) is 4.39 Å². The summed E-state index contributed by atoms with van der Waals surface area (Å²) in [5.41, 5.74) is 3.97. The number of aliphatic hydroxyl groups excluding tert-OH is 1. The Bertz CT molecular complexity index is 611. The zero-order valence-corrected chi connectivity index (χ0v) is 11.4. The van der Waals surface area contributed by atoms with Gasteiger partial charge < -0.3 is 5.11 Å². The molecule has 1 aliphatic heterocycles. The van der Waals surface area contributed by atoms with Crippen LogP contribution in [0.15, 0.2) is 24.4 Å². The molecule has 106 valence electrons. The lowest BCUT2D eigenvalue weighted by molar-refractivity contribution is 0.105. The molecule has 3 rings (SSSR count). The molecule has 1 aromatic carbocycles. The van der Waals surface area contributed by atoms with Gasteiger partial charge in [-0.05, 0) is 30.2 Å². The summed E-state index contributed by atoms with van der Waals surface area (Å²) >= 11 is 0.